The van der Waals surface area contributed by atoms with Crippen LogP contribution in [-0.4, -0.2) is 41.3 Å². The first-order valence-corrected chi connectivity index (χ1v) is 8.00. The third-order valence-corrected chi connectivity index (χ3v) is 4.73. The topological polar surface area (TPSA) is 85.0 Å². The van der Waals surface area contributed by atoms with Crippen LogP contribution < -0.4 is 10.6 Å². The third-order valence-electron chi connectivity index (χ3n) is 4.02. The predicted octanol–water partition coefficient (Wildman–Crippen LogP) is 2.49. The molecule has 0 aliphatic carbocycles. The van der Waals surface area contributed by atoms with E-state index in [1.807, 2.05) is 18.2 Å². The molecule has 3 rings (SSSR count). The number of hydrogen-bond acceptors (Lipinski definition) is 5. The van der Waals surface area contributed by atoms with Crippen molar-refractivity contribution in [3.8, 4) is 6.07 Å². The van der Waals surface area contributed by atoms with Crippen molar-refractivity contribution in [2.24, 2.45) is 0 Å². The zero-order valence-corrected chi connectivity index (χ0v) is 13.9. The van der Waals surface area contributed by atoms with Crippen LogP contribution in [0.5, 0.6) is 0 Å². The first-order chi connectivity index (χ1) is 11.1. The molecular weight excluding hydrogens is 335 g/mol. The SMILES string of the molecule is N#Cc1c(N)n[nH]c1N1CCN(Cc2c(Cl)cccc2Cl)CC1. The van der Waals surface area contributed by atoms with E-state index in [1.165, 1.54) is 0 Å². The maximum absolute atomic E-state index is 9.17. The number of rotatable bonds is 3. The number of nitriles is 1. The number of nitrogens with two attached hydrogens (primary N) is 1. The van der Waals surface area contributed by atoms with Crippen LogP contribution in [0.1, 0.15) is 11.1 Å². The number of nitrogen functional groups attached to an aromatic ring is 1. The highest BCUT2D eigenvalue weighted by atomic mass is 35.5. The lowest BCUT2D eigenvalue weighted by Gasteiger charge is -2.35. The Kier molecular flexibility index (Phi) is 4.62. The second-order valence-corrected chi connectivity index (χ2v) is 6.22. The number of nitrogens with one attached hydrogen (secondary N) is 1. The number of piperazine rings is 1. The molecule has 0 amide bonds. The Morgan fingerprint density at radius 3 is 2.48 bits per heavy atom. The van der Waals surface area contributed by atoms with Crippen molar-refractivity contribution in [3.63, 3.8) is 0 Å². The minimum Gasteiger partial charge on any atom is -0.381 e. The Balaban J connectivity index is 1.66. The van der Waals surface area contributed by atoms with Crippen molar-refractivity contribution in [1.29, 1.82) is 5.26 Å². The fraction of sp³-hybridized carbons (Fsp3) is 0.333. The highest BCUT2D eigenvalue weighted by Crippen LogP contribution is 2.27. The Labute approximate surface area is 144 Å². The molecule has 0 unspecified atom stereocenters. The summed E-state index contributed by atoms with van der Waals surface area (Å²) in [5, 5.41) is 17.3. The molecule has 0 saturated carbocycles. The Morgan fingerprint density at radius 2 is 1.87 bits per heavy atom. The lowest BCUT2D eigenvalue weighted by Crippen LogP contribution is -2.46. The Morgan fingerprint density at radius 1 is 1.22 bits per heavy atom. The molecule has 2 aromatic rings. The molecule has 1 aromatic heterocycles. The van der Waals surface area contributed by atoms with Gasteiger partial charge in [0.05, 0.1) is 0 Å². The van der Waals surface area contributed by atoms with E-state index in [1.54, 1.807) is 0 Å². The van der Waals surface area contributed by atoms with Gasteiger partial charge in [-0.3, -0.25) is 10.00 Å². The van der Waals surface area contributed by atoms with Crippen LogP contribution in [0.4, 0.5) is 11.6 Å². The van der Waals surface area contributed by atoms with Crippen molar-refractivity contribution < 1.29 is 0 Å². The molecule has 8 heteroatoms. The van der Waals surface area contributed by atoms with E-state index in [2.05, 4.69) is 26.1 Å². The largest absolute Gasteiger partial charge is 0.381 e. The highest BCUT2D eigenvalue weighted by Gasteiger charge is 2.23. The van der Waals surface area contributed by atoms with Gasteiger partial charge >= 0.3 is 0 Å². The van der Waals surface area contributed by atoms with Crippen LogP contribution in [0.2, 0.25) is 10.0 Å². The second kappa shape index (κ2) is 6.67. The maximum atomic E-state index is 9.17. The van der Waals surface area contributed by atoms with Crippen molar-refractivity contribution in [2.45, 2.75) is 6.54 Å². The van der Waals surface area contributed by atoms with Crippen molar-refractivity contribution in [3.05, 3.63) is 39.4 Å². The summed E-state index contributed by atoms with van der Waals surface area (Å²) in [6, 6.07) is 7.65. The van der Waals surface area contributed by atoms with E-state index >= 15 is 0 Å². The summed E-state index contributed by atoms with van der Waals surface area (Å²) >= 11 is 12.5. The summed E-state index contributed by atoms with van der Waals surface area (Å²) < 4.78 is 0. The van der Waals surface area contributed by atoms with Gasteiger partial charge in [0, 0.05) is 48.3 Å². The molecule has 6 nitrogen and oxygen atoms in total. The number of hydrogen-bond donors (Lipinski definition) is 2. The molecule has 0 radical (unpaired) electrons. The minimum atomic E-state index is 0.243. The van der Waals surface area contributed by atoms with E-state index in [-0.39, 0.29) is 5.82 Å². The molecule has 1 aliphatic heterocycles. The number of aromatic nitrogens is 2. The van der Waals surface area contributed by atoms with Crippen molar-refractivity contribution in [2.75, 3.05) is 36.8 Å². The molecule has 23 heavy (non-hydrogen) atoms. The second-order valence-electron chi connectivity index (χ2n) is 5.41. The normalized spacial score (nSPS) is 15.6. The lowest BCUT2D eigenvalue weighted by atomic mass is 10.2. The molecule has 0 atom stereocenters. The fourth-order valence-electron chi connectivity index (χ4n) is 2.72. The van der Waals surface area contributed by atoms with Gasteiger partial charge in [-0.05, 0) is 12.1 Å². The Hall–Kier alpha value is -1.94. The monoisotopic (exact) mass is 350 g/mol. The van der Waals surface area contributed by atoms with Gasteiger partial charge in [0.25, 0.3) is 0 Å². The van der Waals surface area contributed by atoms with Gasteiger partial charge in [0.2, 0.25) is 0 Å². The van der Waals surface area contributed by atoms with Crippen LogP contribution in [0.15, 0.2) is 18.2 Å². The number of halogens is 2. The van der Waals surface area contributed by atoms with E-state index in [9.17, 15) is 5.26 Å². The van der Waals surface area contributed by atoms with Crippen LogP contribution in [-0.2, 0) is 6.54 Å². The van der Waals surface area contributed by atoms with Gasteiger partial charge in [0.15, 0.2) is 5.82 Å². The molecule has 1 saturated heterocycles. The zero-order chi connectivity index (χ0) is 16.4. The van der Waals surface area contributed by atoms with E-state index in [0.29, 0.717) is 28.0 Å². The smallest absolute Gasteiger partial charge is 0.165 e. The quantitative estimate of drug-likeness (QED) is 0.888. The van der Waals surface area contributed by atoms with Gasteiger partial charge in [-0.1, -0.05) is 29.3 Å². The highest BCUT2D eigenvalue weighted by molar-refractivity contribution is 6.35. The molecule has 0 spiro atoms. The Bertz CT molecular complexity index is 723. The summed E-state index contributed by atoms with van der Waals surface area (Å²) in [7, 11) is 0. The molecule has 3 N–H and O–H groups in total. The number of H-pyrrole nitrogens is 1. The van der Waals surface area contributed by atoms with Gasteiger partial charge in [-0.15, -0.1) is 0 Å². The third kappa shape index (κ3) is 3.22. The summed E-state index contributed by atoms with van der Waals surface area (Å²) in [4.78, 5) is 4.38. The minimum absolute atomic E-state index is 0.243. The summed E-state index contributed by atoms with van der Waals surface area (Å²) in [5.41, 5.74) is 7.05. The molecule has 2 heterocycles. The molecule has 1 aromatic carbocycles. The van der Waals surface area contributed by atoms with Crippen LogP contribution in [0, 0.1) is 11.3 Å². The molecule has 0 bridgehead atoms. The molecule has 120 valence electrons. The van der Waals surface area contributed by atoms with Crippen molar-refractivity contribution >= 4 is 34.8 Å². The number of anilines is 2. The average Bonchev–Trinajstić information content (AvgIpc) is 2.92. The average molecular weight is 351 g/mol. The van der Waals surface area contributed by atoms with E-state index in [0.717, 1.165) is 31.7 Å². The van der Waals surface area contributed by atoms with E-state index in [4.69, 9.17) is 28.9 Å². The van der Waals surface area contributed by atoms with Gasteiger partial charge in [0.1, 0.15) is 17.5 Å². The molecule has 1 aliphatic rings. The van der Waals surface area contributed by atoms with Crippen molar-refractivity contribution in [1.82, 2.24) is 15.1 Å². The predicted molar refractivity (Wildman–Crippen MR) is 91.7 cm³/mol. The molecule has 1 fully saturated rings. The summed E-state index contributed by atoms with van der Waals surface area (Å²) in [5.74, 6) is 0.938. The molecular formula is C15H16Cl2N6. The summed E-state index contributed by atoms with van der Waals surface area (Å²) in [6.45, 7) is 3.94. The zero-order valence-electron chi connectivity index (χ0n) is 12.4. The van der Waals surface area contributed by atoms with Gasteiger partial charge in [-0.25, -0.2) is 0 Å². The number of benzene rings is 1. The van der Waals surface area contributed by atoms with Gasteiger partial charge < -0.3 is 10.6 Å². The first-order valence-electron chi connectivity index (χ1n) is 7.24. The van der Waals surface area contributed by atoms with Crippen LogP contribution in [0.3, 0.4) is 0 Å². The van der Waals surface area contributed by atoms with Gasteiger partial charge in [-0.2, -0.15) is 10.4 Å². The standard InChI is InChI=1S/C15H16Cl2N6/c16-12-2-1-3-13(17)11(12)9-22-4-6-23(7-5-22)15-10(8-18)14(19)20-21-15/h1-3H,4-7,9H2,(H3,19,20,21). The number of nitrogens with zero attached hydrogens (tertiary/aromatic N) is 4. The van der Waals surface area contributed by atoms with Crippen LogP contribution in [0.25, 0.3) is 0 Å². The fourth-order valence-corrected chi connectivity index (χ4v) is 3.24. The maximum Gasteiger partial charge on any atom is 0.165 e. The first kappa shape index (κ1) is 15.9. The number of aromatic amines is 1. The van der Waals surface area contributed by atoms with E-state index < -0.39 is 0 Å². The lowest BCUT2D eigenvalue weighted by molar-refractivity contribution is 0.249. The summed E-state index contributed by atoms with van der Waals surface area (Å²) in [6.07, 6.45) is 0. The van der Waals surface area contributed by atoms with Crippen LogP contribution >= 0.6 is 23.2 Å².